The van der Waals surface area contributed by atoms with E-state index in [4.69, 9.17) is 9.98 Å². The van der Waals surface area contributed by atoms with Crippen molar-refractivity contribution < 1.29 is 0 Å². The van der Waals surface area contributed by atoms with Gasteiger partial charge in [0.1, 0.15) is 10.7 Å². The number of rotatable bonds is 2. The van der Waals surface area contributed by atoms with Crippen LogP contribution in [-0.2, 0) is 0 Å². The molecule has 0 bridgehead atoms. The Morgan fingerprint density at radius 2 is 1.25 bits per heavy atom. The van der Waals surface area contributed by atoms with E-state index in [1.807, 2.05) is 0 Å². The second-order valence-electron chi connectivity index (χ2n) is 6.54. The lowest BCUT2D eigenvalue weighted by Gasteiger charge is -2.27. The van der Waals surface area contributed by atoms with Crippen molar-refractivity contribution >= 4 is 11.4 Å². The van der Waals surface area contributed by atoms with Crippen molar-refractivity contribution in [3.63, 3.8) is 0 Å². The number of fused-ring (bicyclic) bond motifs is 1. The Labute approximate surface area is 118 Å². The second kappa shape index (κ2) is 3.74. The molecule has 4 nitrogen and oxygen atoms in total. The Balaban J connectivity index is 1.72. The molecule has 1 spiro atoms. The summed E-state index contributed by atoms with van der Waals surface area (Å²) in [7, 11) is 0. The Hall–Kier alpha value is -1.58. The van der Waals surface area contributed by atoms with Crippen molar-refractivity contribution in [3.05, 3.63) is 22.8 Å². The van der Waals surface area contributed by atoms with Crippen molar-refractivity contribution in [3.8, 4) is 0 Å². The quantitative estimate of drug-likeness (QED) is 0.756. The van der Waals surface area contributed by atoms with Gasteiger partial charge in [-0.05, 0) is 37.8 Å². The molecule has 5 rings (SSSR count). The van der Waals surface area contributed by atoms with Gasteiger partial charge in [-0.2, -0.15) is 0 Å². The molecule has 0 N–H and O–H groups in total. The molecule has 0 radical (unpaired) electrons. The van der Waals surface area contributed by atoms with Crippen LogP contribution in [0.1, 0.15) is 32.1 Å². The molecule has 0 atom stereocenters. The van der Waals surface area contributed by atoms with Crippen molar-refractivity contribution in [2.45, 2.75) is 37.8 Å². The summed E-state index contributed by atoms with van der Waals surface area (Å²) in [5.41, 5.74) is 2.52. The Kier molecular flexibility index (Phi) is 2.08. The molecule has 3 aliphatic heterocycles. The summed E-state index contributed by atoms with van der Waals surface area (Å²) in [6.45, 7) is 4.71. The van der Waals surface area contributed by atoms with E-state index in [-0.39, 0.29) is 5.66 Å². The zero-order valence-electron chi connectivity index (χ0n) is 11.8. The van der Waals surface area contributed by atoms with Crippen LogP contribution in [0.15, 0.2) is 22.1 Å². The fourth-order valence-electron chi connectivity index (χ4n) is 3.65. The van der Waals surface area contributed by atoms with Crippen LogP contribution >= 0.6 is 0 Å². The summed E-state index contributed by atoms with van der Waals surface area (Å²) in [4.78, 5) is 15.1. The van der Waals surface area contributed by atoms with Crippen LogP contribution in [0.4, 0.5) is 11.4 Å². The highest BCUT2D eigenvalue weighted by Crippen LogP contribution is 2.35. The third kappa shape index (κ3) is 1.60. The lowest BCUT2D eigenvalue weighted by molar-refractivity contribution is 0.309. The molecule has 4 aliphatic rings. The third-order valence-corrected chi connectivity index (χ3v) is 4.98. The van der Waals surface area contributed by atoms with Gasteiger partial charge in [-0.15, -0.1) is 0 Å². The van der Waals surface area contributed by atoms with Crippen molar-refractivity contribution in [1.82, 2.24) is 0 Å². The molecule has 4 heteroatoms. The first kappa shape index (κ1) is 11.1. The first-order valence-corrected chi connectivity index (χ1v) is 7.97. The maximum Gasteiger partial charge on any atom is 0.151 e. The molecule has 0 unspecified atom stereocenters. The van der Waals surface area contributed by atoms with E-state index >= 15 is 0 Å². The second-order valence-corrected chi connectivity index (χ2v) is 6.54. The standard InChI is InChI=1S/C16H20N4/c1-2-6-16(7-3-1)17-14-12(19-8-9-19)4-5-13(15(14)18-16)20-10-11-20/h4-5H,1-3,6-11H2. The number of nitrogens with zero attached hydrogens (tertiary/aromatic N) is 4. The van der Waals surface area contributed by atoms with Gasteiger partial charge in [0, 0.05) is 26.2 Å². The predicted molar refractivity (Wildman–Crippen MR) is 79.0 cm³/mol. The first-order valence-electron chi connectivity index (χ1n) is 7.97. The molecule has 0 aromatic heterocycles. The Morgan fingerprint density at radius 1 is 0.750 bits per heavy atom. The molecule has 1 aliphatic carbocycles. The fraction of sp³-hybridized carbons (Fsp3) is 0.625. The van der Waals surface area contributed by atoms with E-state index < -0.39 is 0 Å². The lowest BCUT2D eigenvalue weighted by atomic mass is 9.90. The van der Waals surface area contributed by atoms with Gasteiger partial charge in [-0.1, -0.05) is 6.42 Å². The van der Waals surface area contributed by atoms with E-state index in [1.54, 1.807) is 0 Å². The van der Waals surface area contributed by atoms with Gasteiger partial charge in [0.15, 0.2) is 5.66 Å². The van der Waals surface area contributed by atoms with Crippen LogP contribution in [0.5, 0.6) is 0 Å². The summed E-state index contributed by atoms with van der Waals surface area (Å²) in [6, 6.07) is 4.53. The van der Waals surface area contributed by atoms with Crippen LogP contribution < -0.4 is 20.5 Å². The molecular formula is C16H20N4. The Morgan fingerprint density at radius 3 is 1.70 bits per heavy atom. The zero-order valence-corrected chi connectivity index (χ0v) is 11.8. The molecule has 1 aromatic rings. The minimum Gasteiger partial charge on any atom is -0.366 e. The predicted octanol–water partition coefficient (Wildman–Crippen LogP) is 1.24. The van der Waals surface area contributed by atoms with Crippen molar-refractivity contribution in [1.29, 1.82) is 0 Å². The van der Waals surface area contributed by atoms with Crippen molar-refractivity contribution in [2.75, 3.05) is 36.0 Å². The van der Waals surface area contributed by atoms with E-state index in [0.717, 1.165) is 12.8 Å². The number of anilines is 2. The van der Waals surface area contributed by atoms with Gasteiger partial charge >= 0.3 is 0 Å². The van der Waals surface area contributed by atoms with Gasteiger partial charge in [0.05, 0.1) is 11.4 Å². The highest BCUT2D eigenvalue weighted by molar-refractivity contribution is 5.60. The summed E-state index contributed by atoms with van der Waals surface area (Å²) in [5, 5.41) is 2.38. The Bertz CT molecular complexity index is 626. The van der Waals surface area contributed by atoms with Gasteiger partial charge in [0.25, 0.3) is 0 Å². The van der Waals surface area contributed by atoms with Crippen LogP contribution in [0.25, 0.3) is 0 Å². The molecule has 2 saturated heterocycles. The molecule has 0 amide bonds. The molecule has 1 aromatic carbocycles. The zero-order chi connectivity index (χ0) is 13.2. The topological polar surface area (TPSA) is 30.7 Å². The van der Waals surface area contributed by atoms with Gasteiger partial charge < -0.3 is 9.80 Å². The SMILES string of the molecule is c1cc(N2CC2)c2c(c1N1CC1)=NC1(CCCCC1)N=2. The molecule has 3 heterocycles. The highest BCUT2D eigenvalue weighted by Gasteiger charge is 2.36. The van der Waals surface area contributed by atoms with Crippen molar-refractivity contribution in [2.24, 2.45) is 9.98 Å². The van der Waals surface area contributed by atoms with Gasteiger partial charge in [0.2, 0.25) is 0 Å². The molecule has 3 fully saturated rings. The van der Waals surface area contributed by atoms with Crippen LogP contribution in [-0.4, -0.2) is 31.8 Å². The van der Waals surface area contributed by atoms with Crippen LogP contribution in [0.2, 0.25) is 0 Å². The first-order chi connectivity index (χ1) is 9.85. The maximum atomic E-state index is 5.14. The monoisotopic (exact) mass is 268 g/mol. The summed E-state index contributed by atoms with van der Waals surface area (Å²) in [5.74, 6) is 0. The normalized spacial score (nSPS) is 25.2. The summed E-state index contributed by atoms with van der Waals surface area (Å²) < 4.78 is 0. The minimum absolute atomic E-state index is 0.114. The third-order valence-electron chi connectivity index (χ3n) is 4.98. The van der Waals surface area contributed by atoms with E-state index in [9.17, 15) is 0 Å². The number of benzene rings is 1. The molecule has 104 valence electrons. The average Bonchev–Trinajstić information content (AvgIpc) is 3.35. The molecule has 20 heavy (non-hydrogen) atoms. The summed E-state index contributed by atoms with van der Waals surface area (Å²) in [6.07, 6.45) is 6.18. The largest absolute Gasteiger partial charge is 0.366 e. The summed E-state index contributed by atoms with van der Waals surface area (Å²) >= 11 is 0. The number of hydrogen-bond donors (Lipinski definition) is 0. The highest BCUT2D eigenvalue weighted by atomic mass is 15.3. The van der Waals surface area contributed by atoms with E-state index in [2.05, 4.69) is 21.9 Å². The number of hydrogen-bond acceptors (Lipinski definition) is 4. The van der Waals surface area contributed by atoms with E-state index in [1.165, 1.54) is 67.5 Å². The fourth-order valence-corrected chi connectivity index (χ4v) is 3.65. The van der Waals surface area contributed by atoms with Crippen LogP contribution in [0, 0.1) is 0 Å². The minimum atomic E-state index is -0.114. The van der Waals surface area contributed by atoms with E-state index in [0.29, 0.717) is 0 Å². The average molecular weight is 268 g/mol. The van der Waals surface area contributed by atoms with Gasteiger partial charge in [-0.3, -0.25) is 9.98 Å². The smallest absolute Gasteiger partial charge is 0.151 e. The lowest BCUT2D eigenvalue weighted by Crippen LogP contribution is -2.28. The maximum absolute atomic E-state index is 5.14. The molecule has 1 saturated carbocycles. The van der Waals surface area contributed by atoms with Gasteiger partial charge in [-0.25, -0.2) is 0 Å². The van der Waals surface area contributed by atoms with Crippen LogP contribution in [0.3, 0.4) is 0 Å². The molecular weight excluding hydrogens is 248 g/mol.